The second-order valence-corrected chi connectivity index (χ2v) is 28.6. The molecule has 0 radical (unpaired) electrons. The molecular weight excluding hydrogens is 1320 g/mol. The van der Waals surface area contributed by atoms with Gasteiger partial charge < -0.3 is 91.5 Å². The molecule has 6 heterocycles. The minimum absolute atomic E-state index is 0.00510. The number of benzene rings is 3. The van der Waals surface area contributed by atoms with E-state index in [1.807, 2.05) is 18.2 Å². The fourth-order valence-electron chi connectivity index (χ4n) is 12.4. The summed E-state index contributed by atoms with van der Waals surface area (Å²) in [6.45, 7) is 28.4. The number of rotatable bonds is 28. The molecule has 27 heteroatoms. The van der Waals surface area contributed by atoms with Gasteiger partial charge in [0.2, 0.25) is 5.91 Å². The maximum absolute atomic E-state index is 14.8. The molecule has 102 heavy (non-hydrogen) atoms. The van der Waals surface area contributed by atoms with Crippen LogP contribution in [0.5, 0.6) is 23.0 Å². The highest BCUT2D eigenvalue weighted by molar-refractivity contribution is 6.07. The van der Waals surface area contributed by atoms with Gasteiger partial charge in [0.1, 0.15) is 30.0 Å². The number of ether oxygens (including phenoxy) is 15. The van der Waals surface area contributed by atoms with Crippen molar-refractivity contribution in [3.8, 4) is 34.8 Å². The van der Waals surface area contributed by atoms with E-state index < -0.39 is 72.2 Å². The number of amides is 6. The predicted molar refractivity (Wildman–Crippen MR) is 375 cm³/mol. The number of anilines is 2. The van der Waals surface area contributed by atoms with Gasteiger partial charge in [-0.05, 0) is 155 Å². The summed E-state index contributed by atoms with van der Waals surface area (Å²) in [7, 11) is 2.91. The van der Waals surface area contributed by atoms with Crippen LogP contribution in [0.4, 0.5) is 25.8 Å². The lowest BCUT2D eigenvalue weighted by Crippen LogP contribution is -2.54. The number of fused-ring (bicyclic) bond motifs is 4. The Bertz CT molecular complexity index is 3340. The molecule has 2 N–H and O–H groups in total. The normalized spacial score (nSPS) is 20.6. The number of carbonyl (C=O) groups is 6. The summed E-state index contributed by atoms with van der Waals surface area (Å²) in [5.74, 6) is 6.00. The van der Waals surface area contributed by atoms with E-state index in [0.29, 0.717) is 102 Å². The highest BCUT2D eigenvalue weighted by Crippen LogP contribution is 2.46. The van der Waals surface area contributed by atoms with Crippen LogP contribution in [0.25, 0.3) is 0 Å². The first-order valence-corrected chi connectivity index (χ1v) is 35.1. The Morgan fingerprint density at radius 2 is 0.990 bits per heavy atom. The molecular formula is C75H102N6O21. The van der Waals surface area contributed by atoms with Crippen LogP contribution in [0.3, 0.4) is 0 Å². The molecule has 0 aromatic heterocycles. The number of hydrogen-bond donors (Lipinski definition) is 2. The smallest absolute Gasteiger partial charge is 0.417 e. The van der Waals surface area contributed by atoms with Crippen LogP contribution in [0.2, 0.25) is 0 Å². The van der Waals surface area contributed by atoms with Crippen LogP contribution >= 0.6 is 0 Å². The molecule has 3 aromatic carbocycles. The molecule has 6 amide bonds. The lowest BCUT2D eigenvalue weighted by Gasteiger charge is -2.39. The van der Waals surface area contributed by atoms with Crippen LogP contribution in [-0.4, -0.2) is 206 Å². The number of nitrogens with zero attached hydrogens (tertiary/aromatic N) is 4. The van der Waals surface area contributed by atoms with Crippen molar-refractivity contribution in [3.05, 3.63) is 94.6 Å². The lowest BCUT2D eigenvalue weighted by atomic mass is 10.1. The Balaban J connectivity index is 0.938. The topological polar surface area (TPSA) is 278 Å². The molecule has 0 aliphatic carbocycles. The summed E-state index contributed by atoms with van der Waals surface area (Å²) in [6.07, 6.45) is -0.0283. The third-order valence-electron chi connectivity index (χ3n) is 16.8. The average Bonchev–Trinajstić information content (AvgIpc) is 1.59. The molecule has 0 bridgehead atoms. The number of alkyl carbamates (subject to hydrolysis) is 1. The standard InChI is InChI=1S/C75H102N6O21/c1-48-35-57-68(98-64-20-14-16-25-94-64)80(71(86)101-74(6,7)8)55-42-61(59(88-12)40-53(55)66(83)78(57)44-48)96-46-51-37-50(19-18-23-76-63(82)22-27-90-29-31-92-33-34-93-32-30-91-28-24-77-70(85)100-73(3,4)5)38-52(39-51)47-97-62-43-56-54(41-60(62)89-13)67(84)79-45-49(2)36-58(79)69(99-65-21-15-17-26-95-65)81(56)72(87)102-75(9,10)11/h37-43,57-58,64-65,68-69H,1-2,14-17,20-36,44-47H2,3-13H3,(H,76,82)(H,77,85)/t57-,58-,64?,65?,68-,69-/m0/s1. The molecule has 4 fully saturated rings. The van der Waals surface area contributed by atoms with Gasteiger partial charge in [-0.2, -0.15) is 0 Å². The van der Waals surface area contributed by atoms with Crippen LogP contribution in [0.1, 0.15) is 158 Å². The van der Waals surface area contributed by atoms with Gasteiger partial charge in [0.05, 0.1) is 108 Å². The minimum atomic E-state index is -1.05. The second kappa shape index (κ2) is 35.8. The Morgan fingerprint density at radius 3 is 1.41 bits per heavy atom. The van der Waals surface area contributed by atoms with Crippen molar-refractivity contribution in [2.75, 3.05) is 116 Å². The fraction of sp³-hybridized carbons (Fsp3) is 0.600. The lowest BCUT2D eigenvalue weighted by molar-refractivity contribution is -0.196. The average molecular weight is 1420 g/mol. The first-order chi connectivity index (χ1) is 48.6. The Labute approximate surface area is 598 Å². The van der Waals surface area contributed by atoms with Crippen LogP contribution in [0.15, 0.2) is 66.8 Å². The molecule has 6 aliphatic rings. The van der Waals surface area contributed by atoms with E-state index in [1.165, 1.54) is 24.0 Å². The van der Waals surface area contributed by atoms with Crippen LogP contribution in [-0.2, 0) is 70.1 Å². The van der Waals surface area contributed by atoms with Gasteiger partial charge >= 0.3 is 18.3 Å². The highest BCUT2D eigenvalue weighted by atomic mass is 16.7. The molecule has 6 aliphatic heterocycles. The van der Waals surface area contributed by atoms with E-state index in [2.05, 4.69) is 35.6 Å². The first-order valence-electron chi connectivity index (χ1n) is 35.1. The molecule has 2 unspecified atom stereocenters. The molecule has 6 atom stereocenters. The largest absolute Gasteiger partial charge is 0.493 e. The first kappa shape index (κ1) is 77.9. The van der Waals surface area contributed by atoms with E-state index in [9.17, 15) is 28.8 Å². The zero-order chi connectivity index (χ0) is 73.3. The number of methoxy groups -OCH3 is 2. The Hall–Kier alpha value is -8.20. The summed E-state index contributed by atoms with van der Waals surface area (Å²) in [5.41, 5.74) is 1.51. The summed E-state index contributed by atoms with van der Waals surface area (Å²) in [4.78, 5) is 90.1. The molecule has 0 spiro atoms. The fourth-order valence-corrected chi connectivity index (χ4v) is 12.4. The highest BCUT2D eigenvalue weighted by Gasteiger charge is 2.51. The van der Waals surface area contributed by atoms with Crippen molar-refractivity contribution in [1.82, 2.24) is 20.4 Å². The van der Waals surface area contributed by atoms with Crippen molar-refractivity contribution in [3.63, 3.8) is 0 Å². The zero-order valence-electron chi connectivity index (χ0n) is 61.0. The van der Waals surface area contributed by atoms with E-state index in [4.69, 9.17) is 71.1 Å². The summed E-state index contributed by atoms with van der Waals surface area (Å²) in [5, 5.41) is 5.47. The maximum Gasteiger partial charge on any atom is 0.417 e. The van der Waals surface area contributed by atoms with Crippen molar-refractivity contribution < 1.29 is 99.8 Å². The number of hydrogen-bond acceptors (Lipinski definition) is 21. The minimum Gasteiger partial charge on any atom is -0.493 e. The zero-order valence-corrected chi connectivity index (χ0v) is 61.0. The van der Waals surface area contributed by atoms with Crippen molar-refractivity contribution in [2.24, 2.45) is 0 Å². The van der Waals surface area contributed by atoms with E-state index in [-0.39, 0.29) is 116 Å². The third kappa shape index (κ3) is 21.9. The van der Waals surface area contributed by atoms with Crippen molar-refractivity contribution in [2.45, 2.75) is 187 Å². The van der Waals surface area contributed by atoms with Gasteiger partial charge in [-0.15, -0.1) is 0 Å². The molecule has 4 saturated heterocycles. The van der Waals surface area contributed by atoms with Crippen LogP contribution < -0.4 is 39.4 Å². The molecule has 3 aromatic rings. The van der Waals surface area contributed by atoms with Gasteiger partial charge in [-0.1, -0.05) is 36.1 Å². The molecule has 0 saturated carbocycles. The van der Waals surface area contributed by atoms with Crippen molar-refractivity contribution in [1.29, 1.82) is 0 Å². The summed E-state index contributed by atoms with van der Waals surface area (Å²) >= 11 is 0. The SMILES string of the molecule is C=C1C[C@H]2[C@H](OC3CCCCO3)N(C(=O)OC(C)(C)C)c3cc(OCc4cc(C#CCNC(=O)CCOCCOCCOCCOCCNC(=O)OC(C)(C)C)cc(COc5cc6c(cc5OC)C(=O)N5CC(=C)C[C@H]5[C@H](OC5CCCCO5)N6C(=O)OC(C)(C)C)c4)c(OC)cc3C(=O)N2C1. The Morgan fingerprint density at radius 1 is 0.549 bits per heavy atom. The van der Waals surface area contributed by atoms with E-state index in [1.54, 1.807) is 96.4 Å². The van der Waals surface area contributed by atoms with E-state index >= 15 is 0 Å². The quantitative estimate of drug-likeness (QED) is 0.0296. The molecule has 558 valence electrons. The second-order valence-electron chi connectivity index (χ2n) is 28.6. The maximum atomic E-state index is 14.8. The predicted octanol–water partition coefficient (Wildman–Crippen LogP) is 10.1. The third-order valence-corrected chi connectivity index (χ3v) is 16.8. The molecule has 27 nitrogen and oxygen atoms in total. The van der Waals surface area contributed by atoms with Gasteiger partial charge in [0.15, 0.2) is 48.0 Å². The number of carbonyl (C=O) groups excluding carboxylic acids is 6. The Kier molecular flexibility index (Phi) is 27.4. The van der Waals surface area contributed by atoms with Crippen LogP contribution in [0, 0.1) is 11.8 Å². The van der Waals surface area contributed by atoms with Crippen molar-refractivity contribution >= 4 is 47.4 Å². The van der Waals surface area contributed by atoms with Gasteiger partial charge in [-0.3, -0.25) is 14.4 Å². The van der Waals surface area contributed by atoms with Gasteiger partial charge in [0.25, 0.3) is 11.8 Å². The molecule has 9 rings (SSSR count). The monoisotopic (exact) mass is 1420 g/mol. The van der Waals surface area contributed by atoms with Gasteiger partial charge in [0, 0.05) is 57.0 Å². The van der Waals surface area contributed by atoms with E-state index in [0.717, 1.165) is 36.8 Å². The summed E-state index contributed by atoms with van der Waals surface area (Å²) in [6, 6.07) is 10.5. The van der Waals surface area contributed by atoms with Gasteiger partial charge in [-0.25, -0.2) is 24.2 Å². The number of nitrogens with one attached hydrogen (secondary N) is 2. The summed E-state index contributed by atoms with van der Waals surface area (Å²) < 4.78 is 90.6.